The van der Waals surface area contributed by atoms with Gasteiger partial charge in [0.05, 0.1) is 13.2 Å². The molecule has 0 N–H and O–H groups in total. The number of rotatable bonds is 10. The van der Waals surface area contributed by atoms with Crippen LogP contribution in [-0.2, 0) is 21.0 Å². The zero-order chi connectivity index (χ0) is 22.1. The Labute approximate surface area is 177 Å². The van der Waals surface area contributed by atoms with Gasteiger partial charge in [-0.15, -0.1) is 5.10 Å². The number of hydrogen-bond donors (Lipinski definition) is 0. The van der Waals surface area contributed by atoms with Crippen LogP contribution in [0.5, 0.6) is 0 Å². The summed E-state index contributed by atoms with van der Waals surface area (Å²) in [6.45, 7) is 0.785. The third-order valence-corrected chi connectivity index (χ3v) is 4.29. The van der Waals surface area contributed by atoms with Crippen molar-refractivity contribution in [3.05, 3.63) is 89.3 Å². The fourth-order valence-corrected chi connectivity index (χ4v) is 2.89. The molecule has 0 saturated carbocycles. The summed E-state index contributed by atoms with van der Waals surface area (Å²) >= 11 is 0. The Hall–Kier alpha value is -3.56. The zero-order valence-electron chi connectivity index (χ0n) is 16.7. The molecule has 0 aliphatic rings. The second-order valence-corrected chi connectivity index (χ2v) is 6.33. The monoisotopic (exact) mass is 426 g/mol. The lowest BCUT2D eigenvalue weighted by atomic mass is 9.92. The highest BCUT2D eigenvalue weighted by Gasteiger charge is 2.18. The van der Waals surface area contributed by atoms with E-state index in [4.69, 9.17) is 9.47 Å². The van der Waals surface area contributed by atoms with Crippen molar-refractivity contribution in [2.24, 2.45) is 0 Å². The van der Waals surface area contributed by atoms with E-state index in [-0.39, 0.29) is 6.73 Å². The Bertz CT molecular complexity index is 1010. The molecule has 7 nitrogen and oxygen atoms in total. The smallest absolute Gasteiger partial charge is 0.185 e. The van der Waals surface area contributed by atoms with E-state index >= 15 is 0 Å². The molecule has 9 heteroatoms. The number of halogens is 2. The third kappa shape index (κ3) is 5.74. The standard InChI is InChI=1S/C22H20F2N4O3/c1-30-13-14-31-15-28-22(25-26-27-28)20(3-2-12-29)21(16-4-8-18(23)9-5-16)17-6-10-19(24)11-7-17/h2-12H,13-15H2,1H3. The van der Waals surface area contributed by atoms with Crippen molar-refractivity contribution in [3.8, 4) is 0 Å². The van der Waals surface area contributed by atoms with E-state index in [0.29, 0.717) is 47.6 Å². The van der Waals surface area contributed by atoms with Gasteiger partial charge in [-0.1, -0.05) is 24.3 Å². The molecule has 160 valence electrons. The largest absolute Gasteiger partial charge is 0.382 e. The molecular formula is C22H20F2N4O3. The number of benzene rings is 2. The van der Waals surface area contributed by atoms with Gasteiger partial charge in [-0.2, -0.15) is 4.68 Å². The van der Waals surface area contributed by atoms with Crippen LogP contribution in [0.25, 0.3) is 11.1 Å². The Morgan fingerprint density at radius 2 is 1.61 bits per heavy atom. The zero-order valence-corrected chi connectivity index (χ0v) is 16.7. The van der Waals surface area contributed by atoms with E-state index in [1.54, 1.807) is 37.5 Å². The molecule has 0 saturated heterocycles. The van der Waals surface area contributed by atoms with Crippen LogP contribution in [-0.4, -0.2) is 46.8 Å². The van der Waals surface area contributed by atoms with Crippen LogP contribution in [0.1, 0.15) is 17.0 Å². The van der Waals surface area contributed by atoms with E-state index in [1.807, 2.05) is 0 Å². The van der Waals surface area contributed by atoms with Gasteiger partial charge in [-0.05, 0) is 63.5 Å². The highest BCUT2D eigenvalue weighted by atomic mass is 19.1. The molecule has 0 unspecified atom stereocenters. The quantitative estimate of drug-likeness (QED) is 0.214. The van der Waals surface area contributed by atoms with Gasteiger partial charge in [0.25, 0.3) is 0 Å². The second-order valence-electron chi connectivity index (χ2n) is 6.33. The highest BCUT2D eigenvalue weighted by Crippen LogP contribution is 2.32. The summed E-state index contributed by atoms with van der Waals surface area (Å²) in [4.78, 5) is 11.1. The Morgan fingerprint density at radius 1 is 1.00 bits per heavy atom. The number of carbonyl (C=O) groups excluding carboxylic acids is 1. The van der Waals surface area contributed by atoms with Gasteiger partial charge < -0.3 is 9.47 Å². The van der Waals surface area contributed by atoms with Gasteiger partial charge in [0.2, 0.25) is 0 Å². The van der Waals surface area contributed by atoms with Crippen LogP contribution in [0.2, 0.25) is 0 Å². The first kappa shape index (κ1) is 22.1. The van der Waals surface area contributed by atoms with Gasteiger partial charge in [0.15, 0.2) is 5.82 Å². The maximum absolute atomic E-state index is 13.6. The van der Waals surface area contributed by atoms with Gasteiger partial charge >= 0.3 is 0 Å². The normalized spacial score (nSPS) is 11.1. The van der Waals surface area contributed by atoms with Gasteiger partial charge in [-0.25, -0.2) is 8.78 Å². The number of hydrogen-bond acceptors (Lipinski definition) is 6. The van der Waals surface area contributed by atoms with E-state index in [2.05, 4.69) is 15.5 Å². The highest BCUT2D eigenvalue weighted by molar-refractivity contribution is 6.01. The minimum Gasteiger partial charge on any atom is -0.382 e. The molecule has 0 fully saturated rings. The van der Waals surface area contributed by atoms with Crippen LogP contribution >= 0.6 is 0 Å². The fourth-order valence-electron chi connectivity index (χ4n) is 2.89. The molecule has 0 amide bonds. The van der Waals surface area contributed by atoms with Gasteiger partial charge in [0, 0.05) is 12.7 Å². The minimum atomic E-state index is -0.399. The Kier molecular flexibility index (Phi) is 7.85. The van der Waals surface area contributed by atoms with E-state index < -0.39 is 11.6 Å². The molecule has 1 aromatic heterocycles. The summed E-state index contributed by atoms with van der Waals surface area (Å²) in [6.07, 6.45) is 3.47. The second kappa shape index (κ2) is 11.0. The van der Waals surface area contributed by atoms with Crippen molar-refractivity contribution < 1.29 is 23.0 Å². The molecule has 0 spiro atoms. The molecule has 0 radical (unpaired) electrons. The average molecular weight is 426 g/mol. The first-order valence-electron chi connectivity index (χ1n) is 9.35. The van der Waals surface area contributed by atoms with Gasteiger partial charge in [-0.3, -0.25) is 4.79 Å². The molecule has 0 bridgehead atoms. The summed E-state index contributed by atoms with van der Waals surface area (Å²) in [6, 6.07) is 11.6. The number of carbonyl (C=O) groups is 1. The van der Waals surface area contributed by atoms with Crippen molar-refractivity contribution >= 4 is 17.4 Å². The Morgan fingerprint density at radius 3 is 2.16 bits per heavy atom. The van der Waals surface area contributed by atoms with Crippen molar-refractivity contribution in [1.29, 1.82) is 0 Å². The molecule has 2 aromatic carbocycles. The lowest BCUT2D eigenvalue weighted by Crippen LogP contribution is -2.11. The van der Waals surface area contributed by atoms with Crippen molar-refractivity contribution in [2.45, 2.75) is 6.73 Å². The van der Waals surface area contributed by atoms with Crippen LogP contribution in [0.4, 0.5) is 8.78 Å². The predicted octanol–water partition coefficient (Wildman–Crippen LogP) is 3.29. The van der Waals surface area contributed by atoms with Crippen molar-refractivity contribution in [1.82, 2.24) is 20.2 Å². The summed E-state index contributed by atoms with van der Waals surface area (Å²) in [5.41, 5.74) is 2.33. The molecule has 3 aromatic rings. The van der Waals surface area contributed by atoms with E-state index in [9.17, 15) is 13.6 Å². The van der Waals surface area contributed by atoms with E-state index in [0.717, 1.165) is 0 Å². The van der Waals surface area contributed by atoms with Crippen LogP contribution in [0.15, 0.2) is 60.7 Å². The number of aldehydes is 1. The molecule has 0 aliphatic heterocycles. The van der Waals surface area contributed by atoms with Crippen LogP contribution < -0.4 is 0 Å². The predicted molar refractivity (Wildman–Crippen MR) is 110 cm³/mol. The first-order chi connectivity index (χ1) is 15.1. The van der Waals surface area contributed by atoms with Crippen LogP contribution in [0.3, 0.4) is 0 Å². The third-order valence-electron chi connectivity index (χ3n) is 4.29. The molecule has 0 aliphatic carbocycles. The number of ether oxygens (including phenoxy) is 2. The topological polar surface area (TPSA) is 79.1 Å². The first-order valence-corrected chi connectivity index (χ1v) is 9.35. The molecular weight excluding hydrogens is 406 g/mol. The average Bonchev–Trinajstić information content (AvgIpc) is 3.24. The van der Waals surface area contributed by atoms with Crippen molar-refractivity contribution in [3.63, 3.8) is 0 Å². The summed E-state index contributed by atoms with van der Waals surface area (Å²) in [7, 11) is 1.56. The van der Waals surface area contributed by atoms with E-state index in [1.165, 1.54) is 35.0 Å². The number of allylic oxidation sites excluding steroid dienone is 3. The lowest BCUT2D eigenvalue weighted by molar-refractivity contribution is -0.104. The molecule has 0 atom stereocenters. The molecule has 31 heavy (non-hydrogen) atoms. The van der Waals surface area contributed by atoms with Gasteiger partial charge in [0.1, 0.15) is 24.7 Å². The lowest BCUT2D eigenvalue weighted by Gasteiger charge is -2.14. The fraction of sp³-hybridized carbons (Fsp3) is 0.182. The van der Waals surface area contributed by atoms with Crippen LogP contribution in [0, 0.1) is 11.6 Å². The minimum absolute atomic E-state index is 0.0459. The Balaban J connectivity index is 2.18. The SMILES string of the molecule is COCCOCn1nnnc1C(C=CC=O)=C(c1ccc(F)cc1)c1ccc(F)cc1. The number of aromatic nitrogens is 4. The summed E-state index contributed by atoms with van der Waals surface area (Å²) in [5, 5.41) is 11.8. The summed E-state index contributed by atoms with van der Waals surface area (Å²) < 4.78 is 39.0. The van der Waals surface area contributed by atoms with Crippen molar-refractivity contribution in [2.75, 3.05) is 20.3 Å². The number of nitrogens with zero attached hydrogens (tertiary/aromatic N) is 4. The molecule has 1 heterocycles. The number of methoxy groups -OCH3 is 1. The summed E-state index contributed by atoms with van der Waals surface area (Å²) in [5.74, 6) is -0.480. The number of tetrazole rings is 1. The molecule has 3 rings (SSSR count). The maximum Gasteiger partial charge on any atom is 0.185 e. The maximum atomic E-state index is 13.6.